The number of piperidine rings is 1. The molecule has 0 spiro atoms. The fourth-order valence-electron chi connectivity index (χ4n) is 2.42. The molecule has 4 nitrogen and oxygen atoms in total. The van der Waals surface area contributed by atoms with Crippen LogP contribution in [0.2, 0.25) is 0 Å². The summed E-state index contributed by atoms with van der Waals surface area (Å²) in [6.07, 6.45) is 3.39. The van der Waals surface area contributed by atoms with Crippen LogP contribution in [0.1, 0.15) is 26.2 Å². The number of hydrogen-bond donors (Lipinski definition) is 3. The third-order valence-corrected chi connectivity index (χ3v) is 3.68. The Morgan fingerprint density at radius 3 is 2.60 bits per heavy atom. The van der Waals surface area contributed by atoms with Crippen LogP contribution >= 0.6 is 12.2 Å². The number of rotatable bonds is 4. The van der Waals surface area contributed by atoms with Crippen LogP contribution in [0.25, 0.3) is 0 Å². The summed E-state index contributed by atoms with van der Waals surface area (Å²) in [7, 11) is 0. The molecule has 5 heteroatoms. The largest absolute Gasteiger partial charge is 0.334 e. The number of likely N-dealkylation sites (tertiary alicyclic amines) is 1. The lowest BCUT2D eigenvalue weighted by molar-refractivity contribution is -0.901. The van der Waals surface area contributed by atoms with Crippen molar-refractivity contribution in [2.75, 3.05) is 25.0 Å². The molecule has 1 aliphatic rings. The Labute approximate surface area is 126 Å². The van der Waals surface area contributed by atoms with E-state index in [1.54, 1.807) is 4.90 Å². The SMILES string of the molecule is CCC[NH+]1CCC(=NNC(=S)Nc2ccccc2)CC1. The van der Waals surface area contributed by atoms with Gasteiger partial charge in [0.25, 0.3) is 0 Å². The summed E-state index contributed by atoms with van der Waals surface area (Å²) >= 11 is 5.23. The summed E-state index contributed by atoms with van der Waals surface area (Å²) in [5.41, 5.74) is 5.15. The predicted molar refractivity (Wildman–Crippen MR) is 88.3 cm³/mol. The van der Waals surface area contributed by atoms with E-state index in [1.807, 2.05) is 30.3 Å². The van der Waals surface area contributed by atoms with Crippen LogP contribution in [0, 0.1) is 0 Å². The predicted octanol–water partition coefficient (Wildman–Crippen LogP) is 1.42. The molecule has 2 rings (SSSR count). The van der Waals surface area contributed by atoms with E-state index in [0.717, 1.165) is 18.5 Å². The first-order valence-corrected chi connectivity index (χ1v) is 7.70. The molecule has 0 aromatic heterocycles. The number of quaternary nitrogens is 1. The van der Waals surface area contributed by atoms with Gasteiger partial charge in [0.05, 0.1) is 19.6 Å². The molecule has 0 unspecified atom stereocenters. The van der Waals surface area contributed by atoms with Gasteiger partial charge >= 0.3 is 0 Å². The monoisotopic (exact) mass is 291 g/mol. The Bertz CT molecular complexity index is 448. The molecule has 1 aliphatic heterocycles. The van der Waals surface area contributed by atoms with Crippen molar-refractivity contribution in [2.45, 2.75) is 26.2 Å². The van der Waals surface area contributed by atoms with Crippen LogP contribution < -0.4 is 15.6 Å². The normalized spacial score (nSPS) is 18.4. The van der Waals surface area contributed by atoms with Crippen LogP contribution in [0.4, 0.5) is 5.69 Å². The number of thiocarbonyl (C=S) groups is 1. The minimum Gasteiger partial charge on any atom is -0.334 e. The fourth-order valence-corrected chi connectivity index (χ4v) is 2.58. The first-order chi connectivity index (χ1) is 9.78. The van der Waals surface area contributed by atoms with Crippen LogP contribution in [-0.4, -0.2) is 30.5 Å². The molecule has 0 saturated carbocycles. The van der Waals surface area contributed by atoms with Crippen molar-refractivity contribution in [3.05, 3.63) is 30.3 Å². The van der Waals surface area contributed by atoms with Gasteiger partial charge in [-0.2, -0.15) is 5.10 Å². The minimum absolute atomic E-state index is 0.548. The first kappa shape index (κ1) is 14.9. The van der Waals surface area contributed by atoms with Crippen molar-refractivity contribution in [3.63, 3.8) is 0 Å². The summed E-state index contributed by atoms with van der Waals surface area (Å²) in [5, 5.41) is 8.09. The van der Waals surface area contributed by atoms with E-state index in [2.05, 4.69) is 22.8 Å². The summed E-state index contributed by atoms with van der Waals surface area (Å²) in [5.74, 6) is 0. The van der Waals surface area contributed by atoms with E-state index in [1.165, 1.54) is 31.8 Å². The third-order valence-electron chi connectivity index (χ3n) is 3.49. The third kappa shape index (κ3) is 4.90. The minimum atomic E-state index is 0.548. The highest BCUT2D eigenvalue weighted by Crippen LogP contribution is 2.04. The van der Waals surface area contributed by atoms with Crippen molar-refractivity contribution in [2.24, 2.45) is 5.10 Å². The highest BCUT2D eigenvalue weighted by atomic mass is 32.1. The van der Waals surface area contributed by atoms with Crippen molar-refractivity contribution in [1.82, 2.24) is 5.43 Å². The number of hydrogen-bond acceptors (Lipinski definition) is 2. The fraction of sp³-hybridized carbons (Fsp3) is 0.467. The van der Waals surface area contributed by atoms with Gasteiger partial charge in [0.1, 0.15) is 0 Å². The van der Waals surface area contributed by atoms with Gasteiger partial charge < -0.3 is 10.2 Å². The molecule has 1 saturated heterocycles. The molecule has 20 heavy (non-hydrogen) atoms. The number of benzene rings is 1. The molecule has 0 atom stereocenters. The zero-order chi connectivity index (χ0) is 14.2. The van der Waals surface area contributed by atoms with E-state index < -0.39 is 0 Å². The Hall–Kier alpha value is -1.46. The number of anilines is 1. The lowest BCUT2D eigenvalue weighted by atomic mass is 10.1. The Morgan fingerprint density at radius 2 is 1.95 bits per heavy atom. The van der Waals surface area contributed by atoms with Crippen molar-refractivity contribution in [1.29, 1.82) is 0 Å². The van der Waals surface area contributed by atoms with Gasteiger partial charge in [0.2, 0.25) is 0 Å². The lowest BCUT2D eigenvalue weighted by Crippen LogP contribution is -3.13. The zero-order valence-corrected chi connectivity index (χ0v) is 12.8. The second-order valence-electron chi connectivity index (χ2n) is 5.11. The van der Waals surface area contributed by atoms with E-state index >= 15 is 0 Å². The summed E-state index contributed by atoms with van der Waals surface area (Å²) < 4.78 is 0. The van der Waals surface area contributed by atoms with Crippen molar-refractivity contribution in [3.8, 4) is 0 Å². The summed E-state index contributed by atoms with van der Waals surface area (Å²) in [6, 6.07) is 9.89. The van der Waals surface area contributed by atoms with Gasteiger partial charge in [-0.1, -0.05) is 25.1 Å². The number of nitrogens with zero attached hydrogens (tertiary/aromatic N) is 1. The Kier molecular flexibility index (Phi) is 5.95. The molecule has 1 aromatic rings. The molecular weight excluding hydrogens is 268 g/mol. The average Bonchev–Trinajstić information content (AvgIpc) is 2.48. The van der Waals surface area contributed by atoms with E-state index in [0.29, 0.717) is 5.11 Å². The molecule has 0 amide bonds. The highest BCUT2D eigenvalue weighted by Gasteiger charge is 2.17. The maximum atomic E-state index is 5.23. The quantitative estimate of drug-likeness (QED) is 0.580. The summed E-state index contributed by atoms with van der Waals surface area (Å²) in [4.78, 5) is 1.69. The standard InChI is InChI=1S/C15H22N4S/c1-2-10-19-11-8-14(9-12-19)17-18-15(20)16-13-6-4-3-5-7-13/h3-7H,2,8-12H2,1H3,(H2,16,18,20)/p+1. The lowest BCUT2D eigenvalue weighted by Gasteiger charge is -2.24. The molecule has 1 aromatic carbocycles. The number of para-hydroxylation sites is 1. The maximum Gasteiger partial charge on any atom is 0.191 e. The average molecular weight is 291 g/mol. The van der Waals surface area contributed by atoms with Crippen LogP contribution in [0.15, 0.2) is 35.4 Å². The zero-order valence-electron chi connectivity index (χ0n) is 12.0. The Morgan fingerprint density at radius 1 is 1.25 bits per heavy atom. The van der Waals surface area contributed by atoms with Gasteiger partial charge in [-0.05, 0) is 30.8 Å². The van der Waals surface area contributed by atoms with Gasteiger partial charge in [0, 0.05) is 24.2 Å². The molecule has 3 N–H and O–H groups in total. The van der Waals surface area contributed by atoms with Gasteiger partial charge in [-0.3, -0.25) is 5.43 Å². The van der Waals surface area contributed by atoms with Gasteiger partial charge in [-0.15, -0.1) is 0 Å². The molecule has 0 radical (unpaired) electrons. The Balaban J connectivity index is 1.74. The molecule has 0 bridgehead atoms. The molecular formula is C15H23N4S+. The first-order valence-electron chi connectivity index (χ1n) is 7.29. The second kappa shape index (κ2) is 7.97. The molecule has 108 valence electrons. The summed E-state index contributed by atoms with van der Waals surface area (Å²) in [6.45, 7) is 5.89. The molecule has 0 aliphatic carbocycles. The van der Waals surface area contributed by atoms with E-state index in [4.69, 9.17) is 12.2 Å². The van der Waals surface area contributed by atoms with Crippen LogP contribution in [-0.2, 0) is 0 Å². The van der Waals surface area contributed by atoms with Crippen molar-refractivity contribution >= 4 is 28.7 Å². The maximum absolute atomic E-state index is 5.23. The van der Waals surface area contributed by atoms with E-state index in [9.17, 15) is 0 Å². The van der Waals surface area contributed by atoms with E-state index in [-0.39, 0.29) is 0 Å². The van der Waals surface area contributed by atoms with Crippen LogP contribution in [0.5, 0.6) is 0 Å². The molecule has 1 heterocycles. The number of hydrazone groups is 1. The van der Waals surface area contributed by atoms with Crippen LogP contribution in [0.3, 0.4) is 0 Å². The number of nitrogens with one attached hydrogen (secondary N) is 3. The molecule has 1 fully saturated rings. The topological polar surface area (TPSA) is 40.9 Å². The van der Waals surface area contributed by atoms with Gasteiger partial charge in [-0.25, -0.2) is 0 Å². The highest BCUT2D eigenvalue weighted by molar-refractivity contribution is 7.80. The van der Waals surface area contributed by atoms with Crippen molar-refractivity contribution < 1.29 is 4.90 Å². The van der Waals surface area contributed by atoms with Gasteiger partial charge in [0.15, 0.2) is 5.11 Å². The second-order valence-corrected chi connectivity index (χ2v) is 5.52. The smallest absolute Gasteiger partial charge is 0.191 e.